The molecule has 0 saturated heterocycles. The van der Waals surface area contributed by atoms with Gasteiger partial charge in [-0.3, -0.25) is 9.36 Å². The summed E-state index contributed by atoms with van der Waals surface area (Å²) in [6.07, 6.45) is 6.52. The zero-order chi connectivity index (χ0) is 23.6. The summed E-state index contributed by atoms with van der Waals surface area (Å²) in [4.78, 5) is 17.5. The van der Waals surface area contributed by atoms with Crippen molar-refractivity contribution in [1.29, 1.82) is 0 Å². The monoisotopic (exact) mass is 447 g/mol. The molecule has 0 spiro atoms. The van der Waals surface area contributed by atoms with E-state index in [-0.39, 0.29) is 17.4 Å². The summed E-state index contributed by atoms with van der Waals surface area (Å²) >= 11 is 0. The van der Waals surface area contributed by atoms with Crippen molar-refractivity contribution >= 4 is 5.91 Å². The van der Waals surface area contributed by atoms with E-state index in [9.17, 15) is 4.79 Å². The van der Waals surface area contributed by atoms with Gasteiger partial charge in [0.25, 0.3) is 5.91 Å². The maximum absolute atomic E-state index is 13.2. The maximum Gasteiger partial charge on any atom is 0.270 e. The topological polar surface area (TPSA) is 65.4 Å². The van der Waals surface area contributed by atoms with Crippen LogP contribution in [-0.2, 0) is 0 Å². The Morgan fingerprint density at radius 2 is 1.82 bits per heavy atom. The van der Waals surface area contributed by atoms with E-state index in [1.54, 1.807) is 26.7 Å². The SMILES string of the molecule is COc1ccc(-c2cccc(-n3cncc3C(=O)N[C@H]3C[C@@H](C)CC(C)(C)C3)c2)cc1OC. The molecule has 6 heteroatoms. The molecule has 1 fully saturated rings. The molecule has 0 aliphatic heterocycles. The number of aromatic nitrogens is 2. The molecule has 2 aromatic carbocycles. The number of nitrogens with zero attached hydrogens (tertiary/aromatic N) is 2. The molecule has 6 nitrogen and oxygen atoms in total. The fourth-order valence-electron chi connectivity index (χ4n) is 5.24. The van der Waals surface area contributed by atoms with Gasteiger partial charge in [0.2, 0.25) is 0 Å². The number of hydrogen-bond donors (Lipinski definition) is 1. The lowest BCUT2D eigenvalue weighted by Gasteiger charge is -2.39. The van der Waals surface area contributed by atoms with E-state index in [4.69, 9.17) is 9.47 Å². The van der Waals surface area contributed by atoms with Gasteiger partial charge in [-0.05, 0) is 66.0 Å². The molecule has 1 aromatic heterocycles. The Morgan fingerprint density at radius 3 is 2.55 bits per heavy atom. The van der Waals surface area contributed by atoms with Gasteiger partial charge >= 0.3 is 0 Å². The fourth-order valence-corrected chi connectivity index (χ4v) is 5.24. The highest BCUT2D eigenvalue weighted by atomic mass is 16.5. The van der Waals surface area contributed by atoms with Crippen LogP contribution in [0.3, 0.4) is 0 Å². The van der Waals surface area contributed by atoms with Gasteiger partial charge < -0.3 is 14.8 Å². The van der Waals surface area contributed by atoms with E-state index >= 15 is 0 Å². The molecule has 2 atom stereocenters. The minimum Gasteiger partial charge on any atom is -0.493 e. The number of rotatable bonds is 6. The number of imidazole rings is 1. The van der Waals surface area contributed by atoms with E-state index in [1.165, 1.54) is 6.42 Å². The maximum atomic E-state index is 13.2. The van der Waals surface area contributed by atoms with Gasteiger partial charge in [-0.2, -0.15) is 0 Å². The molecule has 1 aliphatic carbocycles. The van der Waals surface area contributed by atoms with Crippen molar-refractivity contribution in [3.63, 3.8) is 0 Å². The first-order valence-corrected chi connectivity index (χ1v) is 11.5. The Kier molecular flexibility index (Phi) is 6.45. The first kappa shape index (κ1) is 22.9. The molecule has 33 heavy (non-hydrogen) atoms. The van der Waals surface area contributed by atoms with Gasteiger partial charge in [-0.15, -0.1) is 0 Å². The lowest BCUT2D eigenvalue weighted by atomic mass is 9.70. The Labute approximate surface area is 195 Å². The van der Waals surface area contributed by atoms with E-state index in [1.807, 2.05) is 47.0 Å². The van der Waals surface area contributed by atoms with Crippen LogP contribution >= 0.6 is 0 Å². The van der Waals surface area contributed by atoms with Crippen molar-refractivity contribution in [3.8, 4) is 28.3 Å². The summed E-state index contributed by atoms with van der Waals surface area (Å²) in [6, 6.07) is 14.1. The van der Waals surface area contributed by atoms with Crippen LogP contribution in [0.2, 0.25) is 0 Å². The van der Waals surface area contributed by atoms with Crippen LogP contribution in [0.15, 0.2) is 55.0 Å². The molecule has 174 valence electrons. The minimum absolute atomic E-state index is 0.0843. The van der Waals surface area contributed by atoms with Gasteiger partial charge in [0.05, 0.1) is 26.7 Å². The molecule has 1 heterocycles. The molecular formula is C27H33N3O3. The Bertz CT molecular complexity index is 1140. The highest BCUT2D eigenvalue weighted by Gasteiger charge is 2.33. The van der Waals surface area contributed by atoms with Crippen molar-refractivity contribution in [3.05, 3.63) is 60.7 Å². The van der Waals surface area contributed by atoms with Gasteiger partial charge in [-0.1, -0.05) is 39.0 Å². The van der Waals surface area contributed by atoms with E-state index < -0.39 is 0 Å². The summed E-state index contributed by atoms with van der Waals surface area (Å²) in [5, 5.41) is 3.26. The third kappa shape index (κ3) is 5.05. The number of carbonyl (C=O) groups excluding carboxylic acids is 1. The lowest BCUT2D eigenvalue weighted by Crippen LogP contribution is -2.43. The first-order chi connectivity index (χ1) is 15.8. The second-order valence-corrected chi connectivity index (χ2v) is 9.85. The average molecular weight is 448 g/mol. The van der Waals surface area contributed by atoms with Crippen LogP contribution < -0.4 is 14.8 Å². The standard InChI is InChI=1S/C27H33N3O3/c1-18-11-21(15-27(2,3)14-18)29-26(31)23-16-28-17-30(23)22-8-6-7-19(12-22)20-9-10-24(32-4)25(13-20)33-5/h6-10,12-13,16-18,21H,11,14-15H2,1-5H3,(H,29,31)/t18-,21+/m1/s1. The number of nitrogens with one attached hydrogen (secondary N) is 1. The largest absolute Gasteiger partial charge is 0.493 e. The van der Waals surface area contributed by atoms with Crippen LogP contribution in [0.25, 0.3) is 16.8 Å². The third-order valence-electron chi connectivity index (χ3n) is 6.43. The first-order valence-electron chi connectivity index (χ1n) is 11.5. The Hall–Kier alpha value is -3.28. The molecule has 3 aromatic rings. The number of benzene rings is 2. The zero-order valence-electron chi connectivity index (χ0n) is 20.1. The number of methoxy groups -OCH3 is 2. The van der Waals surface area contributed by atoms with Crippen molar-refractivity contribution in [2.24, 2.45) is 11.3 Å². The molecule has 0 radical (unpaired) electrons. The van der Waals surface area contributed by atoms with Crippen molar-refractivity contribution < 1.29 is 14.3 Å². The summed E-state index contributed by atoms with van der Waals surface area (Å²) in [5.41, 5.74) is 3.66. The summed E-state index contributed by atoms with van der Waals surface area (Å²) in [5.74, 6) is 1.87. The van der Waals surface area contributed by atoms with Gasteiger partial charge in [0, 0.05) is 11.7 Å². The van der Waals surface area contributed by atoms with Crippen molar-refractivity contribution in [1.82, 2.24) is 14.9 Å². The van der Waals surface area contributed by atoms with Crippen LogP contribution in [0.1, 0.15) is 50.5 Å². The number of amides is 1. The van der Waals surface area contributed by atoms with E-state index in [2.05, 4.69) is 31.1 Å². The summed E-state index contributed by atoms with van der Waals surface area (Å²) < 4.78 is 12.6. The molecule has 0 bridgehead atoms. The van der Waals surface area contributed by atoms with Gasteiger partial charge in [-0.25, -0.2) is 4.98 Å². The minimum atomic E-state index is -0.0843. The molecular weight excluding hydrogens is 414 g/mol. The molecule has 0 unspecified atom stereocenters. The highest BCUT2D eigenvalue weighted by Crippen LogP contribution is 2.38. The average Bonchev–Trinajstić information content (AvgIpc) is 3.27. The van der Waals surface area contributed by atoms with Crippen molar-refractivity contribution in [2.75, 3.05) is 14.2 Å². The van der Waals surface area contributed by atoms with Crippen LogP contribution in [-0.4, -0.2) is 35.7 Å². The quantitative estimate of drug-likeness (QED) is 0.542. The number of ether oxygens (including phenoxy) is 2. The van der Waals surface area contributed by atoms with E-state index in [0.29, 0.717) is 23.1 Å². The summed E-state index contributed by atoms with van der Waals surface area (Å²) in [7, 11) is 3.25. The molecule has 4 rings (SSSR count). The number of hydrogen-bond acceptors (Lipinski definition) is 4. The summed E-state index contributed by atoms with van der Waals surface area (Å²) in [6.45, 7) is 6.83. The smallest absolute Gasteiger partial charge is 0.270 e. The number of carbonyl (C=O) groups is 1. The highest BCUT2D eigenvalue weighted by molar-refractivity contribution is 5.93. The predicted octanol–water partition coefficient (Wildman–Crippen LogP) is 5.50. The van der Waals surface area contributed by atoms with Crippen molar-refractivity contribution in [2.45, 2.75) is 46.1 Å². The van der Waals surface area contributed by atoms with Crippen LogP contribution in [0, 0.1) is 11.3 Å². The Balaban J connectivity index is 1.58. The fraction of sp³-hybridized carbons (Fsp3) is 0.407. The van der Waals surface area contributed by atoms with E-state index in [0.717, 1.165) is 29.7 Å². The van der Waals surface area contributed by atoms with Crippen LogP contribution in [0.4, 0.5) is 0 Å². The molecule has 1 N–H and O–H groups in total. The van der Waals surface area contributed by atoms with Crippen LogP contribution in [0.5, 0.6) is 11.5 Å². The van der Waals surface area contributed by atoms with Gasteiger partial charge in [0.15, 0.2) is 11.5 Å². The Morgan fingerprint density at radius 1 is 1.06 bits per heavy atom. The molecule has 1 saturated carbocycles. The zero-order valence-corrected chi connectivity index (χ0v) is 20.1. The van der Waals surface area contributed by atoms with Gasteiger partial charge in [0.1, 0.15) is 5.69 Å². The molecule has 1 aliphatic rings. The predicted molar refractivity (Wildman–Crippen MR) is 130 cm³/mol. The normalized spacial score (nSPS) is 19.7. The third-order valence-corrected chi connectivity index (χ3v) is 6.43. The second kappa shape index (κ2) is 9.30. The molecule has 1 amide bonds. The second-order valence-electron chi connectivity index (χ2n) is 9.85. The lowest BCUT2D eigenvalue weighted by molar-refractivity contribution is 0.0867.